The maximum atomic E-state index is 13.2. The quantitative estimate of drug-likeness (QED) is 0.715. The van der Waals surface area contributed by atoms with E-state index in [-0.39, 0.29) is 11.8 Å². The van der Waals surface area contributed by atoms with Gasteiger partial charge in [-0.25, -0.2) is 0 Å². The molecular formula is C20H22ClN5O2. The summed E-state index contributed by atoms with van der Waals surface area (Å²) < 4.78 is 5.91. The minimum Gasteiger partial charge on any atom is -0.423 e. The third-order valence-corrected chi connectivity index (χ3v) is 6.05. The average molecular weight is 400 g/mol. The fraction of sp³-hybridized carbons (Fsp3) is 0.450. The van der Waals surface area contributed by atoms with E-state index in [0.29, 0.717) is 29.7 Å². The van der Waals surface area contributed by atoms with Crippen LogP contribution in [-0.4, -0.2) is 45.6 Å². The molecular weight excluding hydrogens is 378 g/mol. The smallest absolute Gasteiger partial charge is 0.298 e. The van der Waals surface area contributed by atoms with Gasteiger partial charge in [0.2, 0.25) is 5.91 Å². The minimum atomic E-state index is -0.0406. The first-order chi connectivity index (χ1) is 13.6. The maximum Gasteiger partial charge on any atom is 0.298 e. The van der Waals surface area contributed by atoms with Crippen LogP contribution in [0.3, 0.4) is 0 Å². The van der Waals surface area contributed by atoms with Crippen molar-refractivity contribution in [3.8, 4) is 0 Å². The topological polar surface area (TPSA) is 78.3 Å². The van der Waals surface area contributed by atoms with Crippen molar-refractivity contribution < 1.29 is 9.21 Å². The van der Waals surface area contributed by atoms with Gasteiger partial charge in [-0.2, -0.15) is 10.1 Å². The summed E-state index contributed by atoms with van der Waals surface area (Å²) in [5.74, 6) is 0.177. The first-order valence-electron chi connectivity index (χ1n) is 9.71. The Morgan fingerprint density at radius 3 is 3.14 bits per heavy atom. The molecule has 1 atom stereocenters. The van der Waals surface area contributed by atoms with Crippen LogP contribution < -0.4 is 4.90 Å². The monoisotopic (exact) mass is 399 g/mol. The number of hydrogen-bond acceptors (Lipinski definition) is 5. The summed E-state index contributed by atoms with van der Waals surface area (Å²) in [6, 6.07) is 6.00. The van der Waals surface area contributed by atoms with Crippen LogP contribution in [0.1, 0.15) is 29.8 Å². The Morgan fingerprint density at radius 1 is 1.36 bits per heavy atom. The number of aryl methyl sites for hydroxylation is 1. The van der Waals surface area contributed by atoms with Gasteiger partial charge < -0.3 is 14.2 Å². The Bertz CT molecular complexity index is 1040. The van der Waals surface area contributed by atoms with Crippen LogP contribution in [0.5, 0.6) is 0 Å². The Balaban J connectivity index is 1.32. The summed E-state index contributed by atoms with van der Waals surface area (Å²) in [7, 11) is 0. The maximum absolute atomic E-state index is 13.2. The first kappa shape index (κ1) is 17.6. The Kier molecular flexibility index (Phi) is 4.27. The standard InChI is InChI=1S/C20H22ClN5O2/c1-12-15-11-25(8-6-16(15)24-23-12)19(27)13-3-2-7-26(10-13)20-22-17-9-14(21)4-5-18(17)28-20/h4-5,9,13H,2-3,6-8,10-11H2,1H3,(H,23,24). The van der Waals surface area contributed by atoms with Crippen LogP contribution in [0, 0.1) is 12.8 Å². The molecule has 1 saturated heterocycles. The molecule has 5 rings (SSSR count). The Labute approximate surface area is 167 Å². The molecule has 146 valence electrons. The normalized spacial score (nSPS) is 19.9. The van der Waals surface area contributed by atoms with Gasteiger partial charge >= 0.3 is 0 Å². The van der Waals surface area contributed by atoms with Crippen molar-refractivity contribution in [2.24, 2.45) is 5.92 Å². The van der Waals surface area contributed by atoms with E-state index in [1.165, 1.54) is 5.56 Å². The van der Waals surface area contributed by atoms with Gasteiger partial charge in [0.05, 0.1) is 11.6 Å². The zero-order chi connectivity index (χ0) is 19.3. The number of hydrogen-bond donors (Lipinski definition) is 1. The van der Waals surface area contributed by atoms with Crippen LogP contribution in [0.15, 0.2) is 22.6 Å². The third-order valence-electron chi connectivity index (χ3n) is 5.82. The van der Waals surface area contributed by atoms with E-state index < -0.39 is 0 Å². The molecule has 0 saturated carbocycles. The van der Waals surface area contributed by atoms with E-state index in [1.807, 2.05) is 17.9 Å². The highest BCUT2D eigenvalue weighted by atomic mass is 35.5. The molecule has 0 aliphatic carbocycles. The molecule has 1 amide bonds. The summed E-state index contributed by atoms with van der Waals surface area (Å²) in [6.45, 7) is 4.87. The fourth-order valence-corrected chi connectivity index (χ4v) is 4.42. The molecule has 2 aliphatic rings. The highest BCUT2D eigenvalue weighted by Gasteiger charge is 2.33. The summed E-state index contributed by atoms with van der Waals surface area (Å²) in [5.41, 5.74) is 4.78. The summed E-state index contributed by atoms with van der Waals surface area (Å²) >= 11 is 6.05. The molecule has 0 radical (unpaired) electrons. The molecule has 1 unspecified atom stereocenters. The van der Waals surface area contributed by atoms with Gasteiger partial charge in [-0.05, 0) is 38.0 Å². The molecule has 0 spiro atoms. The number of rotatable bonds is 2. The van der Waals surface area contributed by atoms with Gasteiger partial charge in [-0.1, -0.05) is 11.6 Å². The molecule has 7 nitrogen and oxygen atoms in total. The number of nitrogens with one attached hydrogen (secondary N) is 1. The van der Waals surface area contributed by atoms with E-state index in [9.17, 15) is 4.79 Å². The van der Waals surface area contributed by atoms with Crippen LogP contribution in [0.4, 0.5) is 6.01 Å². The second-order valence-corrected chi connectivity index (χ2v) is 8.11. The highest BCUT2D eigenvalue weighted by Crippen LogP contribution is 2.29. The lowest BCUT2D eigenvalue weighted by atomic mass is 9.95. The number of amides is 1. The average Bonchev–Trinajstić information content (AvgIpc) is 3.30. The number of aromatic nitrogens is 3. The van der Waals surface area contributed by atoms with Gasteiger partial charge in [0.15, 0.2) is 5.58 Å². The molecule has 28 heavy (non-hydrogen) atoms. The lowest BCUT2D eigenvalue weighted by Gasteiger charge is -2.35. The molecule has 2 aliphatic heterocycles. The summed E-state index contributed by atoms with van der Waals surface area (Å²) in [6.07, 6.45) is 2.66. The van der Waals surface area contributed by atoms with Crippen LogP contribution in [0.2, 0.25) is 5.02 Å². The SMILES string of the molecule is Cc1[nH]nc2c1CN(C(=O)C1CCCN(c3nc4cc(Cl)ccc4o3)C1)CC2. The van der Waals surface area contributed by atoms with E-state index in [4.69, 9.17) is 16.0 Å². The molecule has 2 aromatic heterocycles. The van der Waals surface area contributed by atoms with Crippen LogP contribution >= 0.6 is 11.6 Å². The number of carbonyl (C=O) groups excluding carboxylic acids is 1. The fourth-order valence-electron chi connectivity index (χ4n) is 4.25. The number of piperidine rings is 1. The molecule has 1 fully saturated rings. The van der Waals surface area contributed by atoms with Crippen molar-refractivity contribution in [1.82, 2.24) is 20.1 Å². The van der Waals surface area contributed by atoms with Crippen molar-refractivity contribution in [2.75, 3.05) is 24.5 Å². The number of fused-ring (bicyclic) bond motifs is 2. The minimum absolute atomic E-state index is 0.0406. The Hall–Kier alpha value is -2.54. The van der Waals surface area contributed by atoms with Crippen molar-refractivity contribution in [3.63, 3.8) is 0 Å². The van der Waals surface area contributed by atoms with Crippen molar-refractivity contribution in [2.45, 2.75) is 32.7 Å². The van der Waals surface area contributed by atoms with Gasteiger partial charge in [-0.3, -0.25) is 9.89 Å². The third kappa shape index (κ3) is 3.03. The number of anilines is 1. The molecule has 0 bridgehead atoms. The predicted molar refractivity (Wildman–Crippen MR) is 106 cm³/mol. The second-order valence-electron chi connectivity index (χ2n) is 7.68. The van der Waals surface area contributed by atoms with Crippen molar-refractivity contribution in [3.05, 3.63) is 40.2 Å². The molecule has 3 aromatic rings. The number of halogens is 1. The summed E-state index contributed by atoms with van der Waals surface area (Å²) in [5, 5.41) is 8.01. The van der Waals surface area contributed by atoms with E-state index in [2.05, 4.69) is 20.1 Å². The molecule has 8 heteroatoms. The number of aromatic amines is 1. The molecule has 4 heterocycles. The van der Waals surface area contributed by atoms with E-state index in [0.717, 1.165) is 49.3 Å². The van der Waals surface area contributed by atoms with Gasteiger partial charge in [0.25, 0.3) is 6.01 Å². The number of benzene rings is 1. The highest BCUT2D eigenvalue weighted by molar-refractivity contribution is 6.31. The zero-order valence-electron chi connectivity index (χ0n) is 15.7. The zero-order valence-corrected chi connectivity index (χ0v) is 16.5. The number of oxazole rings is 1. The van der Waals surface area contributed by atoms with E-state index in [1.54, 1.807) is 12.1 Å². The van der Waals surface area contributed by atoms with Crippen LogP contribution in [0.25, 0.3) is 11.1 Å². The largest absolute Gasteiger partial charge is 0.423 e. The van der Waals surface area contributed by atoms with Crippen LogP contribution in [-0.2, 0) is 17.8 Å². The lowest BCUT2D eigenvalue weighted by Crippen LogP contribution is -2.46. The van der Waals surface area contributed by atoms with Gasteiger partial charge in [0, 0.05) is 48.9 Å². The van der Waals surface area contributed by atoms with Gasteiger partial charge in [-0.15, -0.1) is 0 Å². The number of carbonyl (C=O) groups is 1. The second kappa shape index (κ2) is 6.81. The molecule has 1 aromatic carbocycles. The first-order valence-corrected chi connectivity index (χ1v) is 10.1. The number of nitrogens with zero attached hydrogens (tertiary/aromatic N) is 4. The van der Waals surface area contributed by atoms with Crippen molar-refractivity contribution in [1.29, 1.82) is 0 Å². The van der Waals surface area contributed by atoms with Gasteiger partial charge in [0.1, 0.15) is 5.52 Å². The van der Waals surface area contributed by atoms with Crippen molar-refractivity contribution >= 4 is 34.6 Å². The number of H-pyrrole nitrogens is 1. The van der Waals surface area contributed by atoms with E-state index >= 15 is 0 Å². The molecule has 1 N–H and O–H groups in total. The summed E-state index contributed by atoms with van der Waals surface area (Å²) in [4.78, 5) is 21.8. The lowest BCUT2D eigenvalue weighted by molar-refractivity contribution is -0.136. The Morgan fingerprint density at radius 2 is 2.25 bits per heavy atom. The predicted octanol–water partition coefficient (Wildman–Crippen LogP) is 3.31.